The monoisotopic (exact) mass is 262 g/mol. The molecule has 96 valence electrons. The van der Waals surface area contributed by atoms with Crippen LogP contribution in [0.1, 0.15) is 30.9 Å². The zero-order valence-electron chi connectivity index (χ0n) is 10.7. The molecule has 2 rings (SSSR count). The van der Waals surface area contributed by atoms with Gasteiger partial charge in [0.25, 0.3) is 0 Å². The van der Waals surface area contributed by atoms with Gasteiger partial charge >= 0.3 is 0 Å². The third kappa shape index (κ3) is 2.89. The van der Waals surface area contributed by atoms with E-state index in [0.717, 1.165) is 34.8 Å². The van der Waals surface area contributed by atoms with Crippen molar-refractivity contribution in [3.8, 4) is 11.3 Å². The van der Waals surface area contributed by atoms with Crippen molar-refractivity contribution in [3.63, 3.8) is 0 Å². The molecule has 4 heteroatoms. The maximum atomic E-state index is 5.68. The number of nitrogens with zero attached hydrogens (tertiary/aromatic N) is 1. The highest BCUT2D eigenvalue weighted by atomic mass is 32.1. The van der Waals surface area contributed by atoms with Gasteiger partial charge in [-0.3, -0.25) is 0 Å². The SMILES string of the molecule is CCCC(OC)c1nc(-c2ccc(N)cc2)cs1. The second-order valence-electron chi connectivity index (χ2n) is 4.21. The Bertz CT molecular complexity index is 493. The number of hydrogen-bond acceptors (Lipinski definition) is 4. The Hall–Kier alpha value is -1.39. The van der Waals surface area contributed by atoms with Gasteiger partial charge in [0, 0.05) is 23.7 Å². The molecule has 18 heavy (non-hydrogen) atoms. The number of rotatable bonds is 5. The molecule has 0 saturated heterocycles. The summed E-state index contributed by atoms with van der Waals surface area (Å²) in [6.07, 6.45) is 2.21. The van der Waals surface area contributed by atoms with Crippen molar-refractivity contribution in [2.24, 2.45) is 0 Å². The summed E-state index contributed by atoms with van der Waals surface area (Å²) in [5, 5.41) is 3.12. The van der Waals surface area contributed by atoms with Gasteiger partial charge < -0.3 is 10.5 Å². The highest BCUT2D eigenvalue weighted by Crippen LogP contribution is 2.29. The second-order valence-corrected chi connectivity index (χ2v) is 5.10. The maximum Gasteiger partial charge on any atom is 0.122 e. The molecule has 0 aliphatic heterocycles. The Morgan fingerprint density at radius 3 is 2.67 bits per heavy atom. The molecule has 0 aliphatic rings. The van der Waals surface area contributed by atoms with Crippen LogP contribution in [0.15, 0.2) is 29.6 Å². The molecular formula is C14H18N2OS. The number of methoxy groups -OCH3 is 1. The van der Waals surface area contributed by atoms with Crippen molar-refractivity contribution >= 4 is 17.0 Å². The van der Waals surface area contributed by atoms with E-state index in [-0.39, 0.29) is 6.10 Å². The Morgan fingerprint density at radius 1 is 1.33 bits per heavy atom. The minimum Gasteiger partial charge on any atom is -0.399 e. The van der Waals surface area contributed by atoms with E-state index in [9.17, 15) is 0 Å². The van der Waals surface area contributed by atoms with E-state index in [1.807, 2.05) is 24.3 Å². The van der Waals surface area contributed by atoms with Crippen molar-refractivity contribution in [1.29, 1.82) is 0 Å². The molecule has 1 unspecified atom stereocenters. The summed E-state index contributed by atoms with van der Waals surface area (Å²) < 4.78 is 5.47. The van der Waals surface area contributed by atoms with Crippen LogP contribution in [0.4, 0.5) is 5.69 Å². The zero-order valence-corrected chi connectivity index (χ0v) is 11.5. The molecule has 0 spiro atoms. The summed E-state index contributed by atoms with van der Waals surface area (Å²) in [6, 6.07) is 7.79. The summed E-state index contributed by atoms with van der Waals surface area (Å²) in [6.45, 7) is 2.15. The van der Waals surface area contributed by atoms with Crippen LogP contribution in [0.3, 0.4) is 0 Å². The number of benzene rings is 1. The fraction of sp³-hybridized carbons (Fsp3) is 0.357. The predicted octanol–water partition coefficient (Wildman–Crippen LogP) is 3.88. The summed E-state index contributed by atoms with van der Waals surface area (Å²) >= 11 is 1.65. The number of thiazole rings is 1. The van der Waals surface area contributed by atoms with E-state index in [1.165, 1.54) is 0 Å². The largest absolute Gasteiger partial charge is 0.399 e. The van der Waals surface area contributed by atoms with E-state index < -0.39 is 0 Å². The fourth-order valence-electron chi connectivity index (χ4n) is 1.83. The number of nitrogen functional groups attached to an aromatic ring is 1. The zero-order chi connectivity index (χ0) is 13.0. The molecule has 3 nitrogen and oxygen atoms in total. The van der Waals surface area contributed by atoms with Crippen molar-refractivity contribution in [2.45, 2.75) is 25.9 Å². The molecule has 0 aliphatic carbocycles. The lowest BCUT2D eigenvalue weighted by molar-refractivity contribution is 0.0948. The molecule has 0 saturated carbocycles. The summed E-state index contributed by atoms with van der Waals surface area (Å²) in [5.74, 6) is 0. The van der Waals surface area contributed by atoms with Gasteiger partial charge in [-0.15, -0.1) is 11.3 Å². The van der Waals surface area contributed by atoms with E-state index in [4.69, 9.17) is 10.5 Å². The Morgan fingerprint density at radius 2 is 2.06 bits per heavy atom. The maximum absolute atomic E-state index is 5.68. The van der Waals surface area contributed by atoms with Gasteiger partial charge in [0.2, 0.25) is 0 Å². The van der Waals surface area contributed by atoms with E-state index in [1.54, 1.807) is 18.4 Å². The lowest BCUT2D eigenvalue weighted by Gasteiger charge is -2.10. The standard InChI is InChI=1S/C14H18N2OS/c1-3-4-13(17-2)14-16-12(9-18-14)10-5-7-11(15)8-6-10/h5-9,13H,3-4,15H2,1-2H3. The molecule has 1 heterocycles. The number of hydrogen-bond donors (Lipinski definition) is 1. The molecule has 1 aromatic heterocycles. The first-order chi connectivity index (χ1) is 8.74. The summed E-state index contributed by atoms with van der Waals surface area (Å²) in [5.41, 5.74) is 8.54. The molecular weight excluding hydrogens is 244 g/mol. The minimum absolute atomic E-state index is 0.113. The van der Waals surface area contributed by atoms with Crippen molar-refractivity contribution in [2.75, 3.05) is 12.8 Å². The first-order valence-electron chi connectivity index (χ1n) is 6.08. The highest BCUT2D eigenvalue weighted by Gasteiger charge is 2.14. The van der Waals surface area contributed by atoms with Crippen LogP contribution in [0, 0.1) is 0 Å². The fourth-order valence-corrected chi connectivity index (χ4v) is 2.76. The second kappa shape index (κ2) is 5.98. The lowest BCUT2D eigenvalue weighted by atomic mass is 10.1. The Balaban J connectivity index is 2.21. The van der Waals surface area contributed by atoms with Crippen LogP contribution in [0.25, 0.3) is 11.3 Å². The number of aromatic nitrogens is 1. The number of anilines is 1. The van der Waals surface area contributed by atoms with Gasteiger partial charge in [-0.25, -0.2) is 4.98 Å². The molecule has 1 aromatic carbocycles. The topological polar surface area (TPSA) is 48.1 Å². The van der Waals surface area contributed by atoms with Crippen LogP contribution < -0.4 is 5.73 Å². The first kappa shape index (κ1) is 13.1. The van der Waals surface area contributed by atoms with Gasteiger partial charge in [-0.1, -0.05) is 25.5 Å². The van der Waals surface area contributed by atoms with E-state index >= 15 is 0 Å². The lowest BCUT2D eigenvalue weighted by Crippen LogP contribution is -2.00. The Kier molecular flexibility index (Phi) is 4.33. The molecule has 2 aromatic rings. The Labute approximate surface area is 112 Å². The number of ether oxygens (including phenoxy) is 1. The molecule has 0 amide bonds. The minimum atomic E-state index is 0.113. The van der Waals surface area contributed by atoms with Crippen LogP contribution in [-0.4, -0.2) is 12.1 Å². The van der Waals surface area contributed by atoms with Crippen molar-refractivity contribution < 1.29 is 4.74 Å². The van der Waals surface area contributed by atoms with Crippen molar-refractivity contribution in [3.05, 3.63) is 34.7 Å². The highest BCUT2D eigenvalue weighted by molar-refractivity contribution is 7.10. The molecule has 1 atom stereocenters. The van der Waals surface area contributed by atoms with Crippen LogP contribution in [0.2, 0.25) is 0 Å². The number of nitrogens with two attached hydrogens (primary N) is 1. The normalized spacial score (nSPS) is 12.6. The third-order valence-electron chi connectivity index (χ3n) is 2.84. The van der Waals surface area contributed by atoms with Gasteiger partial charge in [-0.05, 0) is 18.6 Å². The van der Waals surface area contributed by atoms with Crippen LogP contribution >= 0.6 is 11.3 Å². The summed E-state index contributed by atoms with van der Waals surface area (Å²) in [4.78, 5) is 4.65. The molecule has 2 N–H and O–H groups in total. The first-order valence-corrected chi connectivity index (χ1v) is 6.96. The smallest absolute Gasteiger partial charge is 0.122 e. The van der Waals surface area contributed by atoms with Crippen molar-refractivity contribution in [1.82, 2.24) is 4.98 Å². The average Bonchev–Trinajstić information content (AvgIpc) is 2.86. The quantitative estimate of drug-likeness (QED) is 0.832. The summed E-state index contributed by atoms with van der Waals surface area (Å²) in [7, 11) is 1.74. The van der Waals surface area contributed by atoms with Gasteiger partial charge in [0.05, 0.1) is 5.69 Å². The molecule has 0 radical (unpaired) electrons. The molecule has 0 fully saturated rings. The van der Waals surface area contributed by atoms with Crippen LogP contribution in [-0.2, 0) is 4.74 Å². The van der Waals surface area contributed by atoms with Gasteiger partial charge in [0.15, 0.2) is 0 Å². The third-order valence-corrected chi connectivity index (χ3v) is 3.78. The van der Waals surface area contributed by atoms with E-state index in [0.29, 0.717) is 0 Å². The van der Waals surface area contributed by atoms with Gasteiger partial charge in [-0.2, -0.15) is 0 Å². The van der Waals surface area contributed by atoms with E-state index in [2.05, 4.69) is 17.3 Å². The average molecular weight is 262 g/mol. The molecule has 0 bridgehead atoms. The predicted molar refractivity (Wildman–Crippen MR) is 76.6 cm³/mol. The van der Waals surface area contributed by atoms with Gasteiger partial charge in [0.1, 0.15) is 11.1 Å². The van der Waals surface area contributed by atoms with Crippen LogP contribution in [0.5, 0.6) is 0 Å².